The summed E-state index contributed by atoms with van der Waals surface area (Å²) in [4.78, 5) is 34.7. The van der Waals surface area contributed by atoms with E-state index in [0.717, 1.165) is 19.3 Å². The van der Waals surface area contributed by atoms with E-state index < -0.39 is 11.8 Å². The molecule has 0 atom stereocenters. The highest BCUT2D eigenvalue weighted by Crippen LogP contribution is 2.12. The van der Waals surface area contributed by atoms with Crippen molar-refractivity contribution in [3.8, 4) is 0 Å². The van der Waals surface area contributed by atoms with Crippen molar-refractivity contribution < 1.29 is 19.1 Å². The molecule has 0 aliphatic rings. The maximum absolute atomic E-state index is 11.7. The van der Waals surface area contributed by atoms with E-state index in [2.05, 4.69) is 12.2 Å². The van der Waals surface area contributed by atoms with Gasteiger partial charge in [-0.1, -0.05) is 97.8 Å². The number of ether oxygens (including phenoxy) is 1. The fraction of sp³-hybridized carbons (Fsp3) is 0.870. The molecule has 0 aromatic heterocycles. The van der Waals surface area contributed by atoms with E-state index in [-0.39, 0.29) is 25.0 Å². The Hall–Kier alpha value is -1.39. The first-order valence-electron chi connectivity index (χ1n) is 11.4. The number of nitrogens with one attached hydrogen (secondary N) is 1. The Morgan fingerprint density at radius 2 is 1.21 bits per heavy atom. The van der Waals surface area contributed by atoms with E-state index in [1.807, 2.05) is 13.8 Å². The average molecular weight is 398 g/mol. The zero-order valence-electron chi connectivity index (χ0n) is 18.5. The SMILES string of the molecule is CCCCCCCCCCCCCCCC(=O)NCC(=O)C(=O)OCC(C)C. The van der Waals surface area contributed by atoms with Gasteiger partial charge in [-0.3, -0.25) is 9.59 Å². The normalized spacial score (nSPS) is 10.9. The largest absolute Gasteiger partial charge is 0.460 e. The maximum atomic E-state index is 11.7. The minimum absolute atomic E-state index is 0.173. The lowest BCUT2D eigenvalue weighted by Gasteiger charge is -2.07. The van der Waals surface area contributed by atoms with Crippen molar-refractivity contribution >= 4 is 17.7 Å². The van der Waals surface area contributed by atoms with Gasteiger partial charge >= 0.3 is 5.97 Å². The third kappa shape index (κ3) is 18.0. The third-order valence-electron chi connectivity index (χ3n) is 4.73. The fourth-order valence-corrected chi connectivity index (χ4v) is 2.97. The van der Waals surface area contributed by atoms with E-state index in [9.17, 15) is 14.4 Å². The highest BCUT2D eigenvalue weighted by atomic mass is 16.5. The summed E-state index contributed by atoms with van der Waals surface area (Å²) >= 11 is 0. The molecule has 0 rings (SSSR count). The van der Waals surface area contributed by atoms with E-state index in [0.29, 0.717) is 6.42 Å². The van der Waals surface area contributed by atoms with Gasteiger partial charge in [0.15, 0.2) is 0 Å². The molecule has 0 fully saturated rings. The van der Waals surface area contributed by atoms with Crippen molar-refractivity contribution in [2.24, 2.45) is 5.92 Å². The molecule has 0 aromatic carbocycles. The third-order valence-corrected chi connectivity index (χ3v) is 4.73. The van der Waals surface area contributed by atoms with Crippen LogP contribution >= 0.6 is 0 Å². The zero-order chi connectivity index (χ0) is 21.0. The second-order valence-electron chi connectivity index (χ2n) is 8.18. The Balaban J connectivity index is 3.41. The Bertz CT molecular complexity index is 421. The van der Waals surface area contributed by atoms with Crippen molar-refractivity contribution in [2.45, 2.75) is 111 Å². The monoisotopic (exact) mass is 397 g/mol. The molecule has 0 bridgehead atoms. The van der Waals surface area contributed by atoms with Crippen molar-refractivity contribution in [3.05, 3.63) is 0 Å². The van der Waals surface area contributed by atoms with Crippen molar-refractivity contribution in [3.63, 3.8) is 0 Å². The summed E-state index contributed by atoms with van der Waals surface area (Å²) in [5.74, 6) is -1.55. The van der Waals surface area contributed by atoms with E-state index in [1.54, 1.807) is 0 Å². The van der Waals surface area contributed by atoms with E-state index >= 15 is 0 Å². The second kappa shape index (κ2) is 18.9. The maximum Gasteiger partial charge on any atom is 0.376 e. The van der Waals surface area contributed by atoms with Crippen LogP contribution in [0.1, 0.15) is 111 Å². The smallest absolute Gasteiger partial charge is 0.376 e. The van der Waals surface area contributed by atoms with Gasteiger partial charge in [-0.25, -0.2) is 4.79 Å². The van der Waals surface area contributed by atoms with Crippen LogP contribution < -0.4 is 5.32 Å². The standard InChI is InChI=1S/C23H43NO4/c1-4-5-6-7-8-9-10-11-12-13-14-15-16-17-22(26)24-18-21(25)23(27)28-19-20(2)3/h20H,4-19H2,1-3H3,(H,24,26). The van der Waals surface area contributed by atoms with Crippen LogP contribution in [0.2, 0.25) is 0 Å². The van der Waals surface area contributed by atoms with Crippen molar-refractivity contribution in [2.75, 3.05) is 13.2 Å². The second-order valence-corrected chi connectivity index (χ2v) is 8.18. The Morgan fingerprint density at radius 3 is 1.68 bits per heavy atom. The van der Waals surface area contributed by atoms with Gasteiger partial charge in [-0.15, -0.1) is 0 Å². The van der Waals surface area contributed by atoms with Crippen LogP contribution in [0, 0.1) is 5.92 Å². The Kier molecular flexibility index (Phi) is 18.0. The molecule has 0 saturated carbocycles. The number of carbonyl (C=O) groups is 3. The lowest BCUT2D eigenvalue weighted by Crippen LogP contribution is -2.34. The minimum Gasteiger partial charge on any atom is -0.460 e. The molecule has 0 aliphatic carbocycles. The van der Waals surface area contributed by atoms with Gasteiger partial charge in [0, 0.05) is 6.42 Å². The van der Waals surface area contributed by atoms with Crippen LogP contribution in [-0.4, -0.2) is 30.8 Å². The molecule has 5 heteroatoms. The lowest BCUT2D eigenvalue weighted by molar-refractivity contribution is -0.154. The molecule has 164 valence electrons. The summed E-state index contributed by atoms with van der Waals surface area (Å²) in [5.41, 5.74) is 0. The average Bonchev–Trinajstić information content (AvgIpc) is 2.67. The molecular weight excluding hydrogens is 354 g/mol. The number of amides is 1. The van der Waals surface area contributed by atoms with Gasteiger partial charge in [-0.2, -0.15) is 0 Å². The summed E-state index contributed by atoms with van der Waals surface area (Å²) in [6.07, 6.45) is 16.8. The highest BCUT2D eigenvalue weighted by Gasteiger charge is 2.16. The molecule has 0 aliphatic heterocycles. The Labute approximate surface area is 172 Å². The molecule has 0 radical (unpaired) electrons. The number of ketones is 1. The molecule has 1 amide bonds. The van der Waals surface area contributed by atoms with Gasteiger partial charge in [0.2, 0.25) is 5.91 Å². The first-order valence-corrected chi connectivity index (χ1v) is 11.4. The molecule has 0 saturated heterocycles. The van der Waals surface area contributed by atoms with Crippen LogP contribution in [0.3, 0.4) is 0 Å². The minimum atomic E-state index is -0.866. The van der Waals surface area contributed by atoms with E-state index in [1.165, 1.54) is 64.2 Å². The number of rotatable bonds is 19. The van der Waals surface area contributed by atoms with Gasteiger partial charge in [0.1, 0.15) is 0 Å². The van der Waals surface area contributed by atoms with Crippen molar-refractivity contribution in [1.82, 2.24) is 5.32 Å². The number of carbonyl (C=O) groups excluding carboxylic acids is 3. The van der Waals surface area contributed by atoms with Gasteiger partial charge < -0.3 is 10.1 Å². The number of esters is 1. The van der Waals surface area contributed by atoms with Crippen LogP contribution in [0.15, 0.2) is 0 Å². The molecule has 0 heterocycles. The quantitative estimate of drug-likeness (QED) is 0.181. The predicted octanol–water partition coefficient (Wildman–Crippen LogP) is 5.35. The van der Waals surface area contributed by atoms with Crippen molar-refractivity contribution in [1.29, 1.82) is 0 Å². The number of hydrogen-bond acceptors (Lipinski definition) is 4. The molecule has 28 heavy (non-hydrogen) atoms. The summed E-state index contributed by atoms with van der Waals surface area (Å²) in [7, 11) is 0. The zero-order valence-corrected chi connectivity index (χ0v) is 18.5. The summed E-state index contributed by atoms with van der Waals surface area (Å²) < 4.78 is 4.84. The van der Waals surface area contributed by atoms with Crippen LogP contribution in [-0.2, 0) is 19.1 Å². The molecule has 0 unspecified atom stereocenters. The molecule has 0 aromatic rings. The molecule has 5 nitrogen and oxygen atoms in total. The van der Waals surface area contributed by atoms with Gasteiger partial charge in [-0.05, 0) is 12.3 Å². The van der Waals surface area contributed by atoms with Gasteiger partial charge in [0.05, 0.1) is 13.2 Å². The summed E-state index contributed by atoms with van der Waals surface area (Å²) in [5, 5.41) is 2.51. The highest BCUT2D eigenvalue weighted by molar-refractivity contribution is 6.34. The first kappa shape index (κ1) is 26.6. The van der Waals surface area contributed by atoms with E-state index in [4.69, 9.17) is 4.74 Å². The molecule has 0 spiro atoms. The number of unbranched alkanes of at least 4 members (excludes halogenated alkanes) is 12. The Morgan fingerprint density at radius 1 is 0.750 bits per heavy atom. The van der Waals surface area contributed by atoms with Gasteiger partial charge in [0.25, 0.3) is 5.78 Å². The fourth-order valence-electron chi connectivity index (χ4n) is 2.97. The first-order chi connectivity index (χ1) is 13.5. The van der Waals surface area contributed by atoms with Crippen LogP contribution in [0.4, 0.5) is 0 Å². The number of hydrogen-bond donors (Lipinski definition) is 1. The summed E-state index contributed by atoms with van der Waals surface area (Å²) in [6.45, 7) is 6.00. The predicted molar refractivity (Wildman–Crippen MR) is 114 cm³/mol. The van der Waals surface area contributed by atoms with Crippen LogP contribution in [0.5, 0.6) is 0 Å². The summed E-state index contributed by atoms with van der Waals surface area (Å²) in [6, 6.07) is 0. The number of Topliss-reactive ketones (excluding diaryl/α,β-unsaturated/α-hetero) is 1. The van der Waals surface area contributed by atoms with Crippen LogP contribution in [0.25, 0.3) is 0 Å². The molecular formula is C23H43NO4. The molecule has 1 N–H and O–H groups in total. The lowest BCUT2D eigenvalue weighted by atomic mass is 10.0. The topological polar surface area (TPSA) is 72.5 Å².